The predicted molar refractivity (Wildman–Crippen MR) is 66.3 cm³/mol. The molecule has 0 radical (unpaired) electrons. The number of aliphatic hydroxyl groups excluding tert-OH is 1. The molecule has 0 spiro atoms. The molecular formula is C11H21ClN2O3. The minimum absolute atomic E-state index is 0. The van der Waals surface area contributed by atoms with E-state index in [1.807, 2.05) is 18.7 Å². The van der Waals surface area contributed by atoms with Crippen LogP contribution >= 0.6 is 12.4 Å². The van der Waals surface area contributed by atoms with Crippen molar-refractivity contribution in [2.75, 3.05) is 26.2 Å². The molecule has 6 heteroatoms. The first-order chi connectivity index (χ1) is 7.48. The van der Waals surface area contributed by atoms with Gasteiger partial charge in [-0.3, -0.25) is 4.79 Å². The second kappa shape index (κ2) is 5.52. The summed E-state index contributed by atoms with van der Waals surface area (Å²) in [7, 11) is 0. The highest BCUT2D eigenvalue weighted by Gasteiger charge is 2.35. The van der Waals surface area contributed by atoms with Crippen molar-refractivity contribution in [1.82, 2.24) is 10.2 Å². The number of ether oxygens (including phenoxy) is 1. The Bertz CT molecular complexity index is 286. The summed E-state index contributed by atoms with van der Waals surface area (Å²) in [5.74, 6) is 0.0907. The Morgan fingerprint density at radius 2 is 2.24 bits per heavy atom. The summed E-state index contributed by atoms with van der Waals surface area (Å²) in [6.45, 7) is 6.36. The molecule has 2 N–H and O–H groups in total. The Hall–Kier alpha value is -0.360. The second-order valence-corrected chi connectivity index (χ2v) is 5.22. The van der Waals surface area contributed by atoms with Crippen molar-refractivity contribution < 1.29 is 14.6 Å². The number of carbonyl (C=O) groups excluding carboxylic acids is 1. The number of halogens is 1. The first kappa shape index (κ1) is 14.7. The molecule has 2 unspecified atom stereocenters. The average molecular weight is 265 g/mol. The van der Waals surface area contributed by atoms with Gasteiger partial charge in [-0.05, 0) is 20.3 Å². The van der Waals surface area contributed by atoms with E-state index >= 15 is 0 Å². The van der Waals surface area contributed by atoms with Crippen LogP contribution in [0.4, 0.5) is 0 Å². The molecule has 0 aliphatic carbocycles. The smallest absolute Gasteiger partial charge is 0.239 e. The first-order valence-corrected chi connectivity index (χ1v) is 5.82. The minimum atomic E-state index is -0.386. The van der Waals surface area contributed by atoms with Crippen LogP contribution in [0, 0.1) is 0 Å². The van der Waals surface area contributed by atoms with Crippen molar-refractivity contribution in [2.24, 2.45) is 0 Å². The van der Waals surface area contributed by atoms with Crippen molar-refractivity contribution in [2.45, 2.75) is 38.0 Å². The molecule has 0 bridgehead atoms. The summed E-state index contributed by atoms with van der Waals surface area (Å²) >= 11 is 0. The van der Waals surface area contributed by atoms with Crippen molar-refractivity contribution in [3.8, 4) is 0 Å². The van der Waals surface area contributed by atoms with Crippen molar-refractivity contribution in [1.29, 1.82) is 0 Å². The third kappa shape index (κ3) is 3.55. The molecule has 2 atom stereocenters. The van der Waals surface area contributed by atoms with E-state index in [-0.39, 0.29) is 36.1 Å². The zero-order valence-corrected chi connectivity index (χ0v) is 11.1. The third-order valence-electron chi connectivity index (χ3n) is 3.14. The van der Waals surface area contributed by atoms with Crippen molar-refractivity contribution >= 4 is 18.3 Å². The topological polar surface area (TPSA) is 61.8 Å². The van der Waals surface area contributed by atoms with E-state index in [4.69, 9.17) is 4.74 Å². The molecule has 5 nitrogen and oxygen atoms in total. The lowest BCUT2D eigenvalue weighted by Gasteiger charge is -2.39. The van der Waals surface area contributed by atoms with E-state index in [0.717, 1.165) is 0 Å². The summed E-state index contributed by atoms with van der Waals surface area (Å²) in [5.41, 5.74) is -0.259. The molecule has 2 aliphatic heterocycles. The van der Waals surface area contributed by atoms with Crippen LogP contribution in [0.2, 0.25) is 0 Å². The minimum Gasteiger partial charge on any atom is -0.392 e. The van der Waals surface area contributed by atoms with Crippen LogP contribution in [-0.2, 0) is 9.53 Å². The van der Waals surface area contributed by atoms with Crippen molar-refractivity contribution in [3.63, 3.8) is 0 Å². The van der Waals surface area contributed by atoms with Gasteiger partial charge in [-0.25, -0.2) is 0 Å². The Balaban J connectivity index is 0.00000144. The van der Waals surface area contributed by atoms with Crippen LogP contribution in [0.3, 0.4) is 0 Å². The summed E-state index contributed by atoms with van der Waals surface area (Å²) in [6, 6.07) is -0.219. The Morgan fingerprint density at radius 1 is 1.53 bits per heavy atom. The molecule has 17 heavy (non-hydrogen) atoms. The van der Waals surface area contributed by atoms with Crippen LogP contribution < -0.4 is 5.32 Å². The number of hydrogen-bond donors (Lipinski definition) is 2. The lowest BCUT2D eigenvalue weighted by molar-refractivity contribution is -0.147. The molecule has 0 aromatic carbocycles. The molecular weight excluding hydrogens is 244 g/mol. The second-order valence-electron chi connectivity index (χ2n) is 5.22. The van der Waals surface area contributed by atoms with Gasteiger partial charge in [0.15, 0.2) is 0 Å². The lowest BCUT2D eigenvalue weighted by atomic mass is 10.1. The Kier molecular flexibility index (Phi) is 4.77. The van der Waals surface area contributed by atoms with Crippen LogP contribution in [-0.4, -0.2) is 59.9 Å². The van der Waals surface area contributed by atoms with E-state index < -0.39 is 0 Å². The Labute approximate surface area is 108 Å². The summed E-state index contributed by atoms with van der Waals surface area (Å²) in [5, 5.41) is 12.4. The molecule has 2 fully saturated rings. The zero-order valence-electron chi connectivity index (χ0n) is 10.3. The molecule has 2 heterocycles. The fourth-order valence-electron chi connectivity index (χ4n) is 2.33. The number of morpholine rings is 1. The van der Waals surface area contributed by atoms with E-state index in [2.05, 4.69) is 5.32 Å². The summed E-state index contributed by atoms with van der Waals surface area (Å²) < 4.78 is 5.57. The van der Waals surface area contributed by atoms with Gasteiger partial charge in [-0.2, -0.15) is 0 Å². The number of hydrogen-bond acceptors (Lipinski definition) is 4. The lowest BCUT2D eigenvalue weighted by Crippen LogP contribution is -2.54. The number of nitrogens with zero attached hydrogens (tertiary/aromatic N) is 1. The number of rotatable bonds is 1. The highest BCUT2D eigenvalue weighted by molar-refractivity contribution is 5.85. The SMILES string of the molecule is CC1(C)CN(C(=O)C2CC(O)CN2)CCO1.Cl. The van der Waals surface area contributed by atoms with E-state index in [0.29, 0.717) is 32.7 Å². The van der Waals surface area contributed by atoms with E-state index in [1.54, 1.807) is 0 Å². The van der Waals surface area contributed by atoms with Gasteiger partial charge in [0, 0.05) is 19.6 Å². The van der Waals surface area contributed by atoms with Gasteiger partial charge in [0.2, 0.25) is 5.91 Å². The highest BCUT2D eigenvalue weighted by Crippen LogP contribution is 2.18. The molecule has 1 amide bonds. The fraction of sp³-hybridized carbons (Fsp3) is 0.909. The van der Waals surface area contributed by atoms with Gasteiger partial charge < -0.3 is 20.1 Å². The number of amides is 1. The van der Waals surface area contributed by atoms with Gasteiger partial charge in [0.25, 0.3) is 0 Å². The Morgan fingerprint density at radius 3 is 2.76 bits per heavy atom. The van der Waals surface area contributed by atoms with Gasteiger partial charge in [-0.15, -0.1) is 12.4 Å². The van der Waals surface area contributed by atoms with Crippen LogP contribution in [0.1, 0.15) is 20.3 Å². The predicted octanol–water partition coefficient (Wildman–Crippen LogP) is -0.232. The fourth-order valence-corrected chi connectivity index (χ4v) is 2.33. The third-order valence-corrected chi connectivity index (χ3v) is 3.14. The van der Waals surface area contributed by atoms with E-state index in [1.165, 1.54) is 0 Å². The standard InChI is InChI=1S/C11H20N2O3.ClH/c1-11(2)7-13(3-4-16-11)10(15)9-5-8(14)6-12-9;/h8-9,12,14H,3-7H2,1-2H3;1H. The van der Waals surface area contributed by atoms with Gasteiger partial charge in [0.1, 0.15) is 0 Å². The summed E-state index contributed by atoms with van der Waals surface area (Å²) in [6.07, 6.45) is 0.138. The monoisotopic (exact) mass is 264 g/mol. The van der Waals surface area contributed by atoms with Crippen LogP contribution in [0.15, 0.2) is 0 Å². The van der Waals surface area contributed by atoms with Crippen LogP contribution in [0.25, 0.3) is 0 Å². The number of carbonyl (C=O) groups is 1. The molecule has 0 saturated carbocycles. The number of β-amino-alcohol motifs (C(OH)–C–C–N with tert-alkyl or cyclic N) is 1. The normalized spacial score (nSPS) is 32.1. The first-order valence-electron chi connectivity index (χ1n) is 5.82. The maximum absolute atomic E-state index is 12.1. The van der Waals surface area contributed by atoms with Crippen molar-refractivity contribution in [3.05, 3.63) is 0 Å². The van der Waals surface area contributed by atoms with E-state index in [9.17, 15) is 9.90 Å². The van der Waals surface area contributed by atoms with Gasteiger partial charge in [0.05, 0.1) is 24.4 Å². The van der Waals surface area contributed by atoms with Gasteiger partial charge >= 0.3 is 0 Å². The van der Waals surface area contributed by atoms with Crippen LogP contribution in [0.5, 0.6) is 0 Å². The highest BCUT2D eigenvalue weighted by atomic mass is 35.5. The quantitative estimate of drug-likeness (QED) is 0.687. The maximum atomic E-state index is 12.1. The molecule has 2 aliphatic rings. The number of aliphatic hydroxyl groups is 1. The molecule has 0 aromatic heterocycles. The average Bonchev–Trinajstić information content (AvgIpc) is 2.62. The largest absolute Gasteiger partial charge is 0.392 e. The summed E-state index contributed by atoms with van der Waals surface area (Å²) in [4.78, 5) is 14.0. The molecule has 100 valence electrons. The van der Waals surface area contributed by atoms with Gasteiger partial charge in [-0.1, -0.05) is 0 Å². The molecule has 0 aromatic rings. The zero-order chi connectivity index (χ0) is 11.8. The maximum Gasteiger partial charge on any atom is 0.239 e. The molecule has 2 rings (SSSR count). The molecule has 2 saturated heterocycles. The number of nitrogens with one attached hydrogen (secondary N) is 1.